The molecular weight excluding hydrogens is 446 g/mol. The Balaban J connectivity index is 1.83. The van der Waals surface area contributed by atoms with Crippen molar-refractivity contribution in [2.45, 2.75) is 11.1 Å². The number of hydrogen-bond acceptors (Lipinski definition) is 3. The smallest absolute Gasteiger partial charge is 0.322 e. The van der Waals surface area contributed by atoms with Crippen LogP contribution in [-0.2, 0) is 21.4 Å². The first kappa shape index (κ1) is 21.7. The average Bonchev–Trinajstić information content (AvgIpc) is 2.70. The summed E-state index contributed by atoms with van der Waals surface area (Å²) in [7, 11) is -2.46. The molecule has 1 heterocycles. The number of pyridine rings is 1. The fourth-order valence-electron chi connectivity index (χ4n) is 2.47. The molecule has 0 spiro atoms. The van der Waals surface area contributed by atoms with Crippen molar-refractivity contribution >= 4 is 39.9 Å². The molecule has 2 aromatic carbocycles. The van der Waals surface area contributed by atoms with Gasteiger partial charge in [-0.25, -0.2) is 9.11 Å². The first-order valence-electron chi connectivity index (χ1n) is 8.27. The van der Waals surface area contributed by atoms with E-state index in [0.29, 0.717) is 16.8 Å². The maximum Gasteiger partial charge on any atom is 0.417 e. The summed E-state index contributed by atoms with van der Waals surface area (Å²) in [6.07, 6.45) is -3.05. The van der Waals surface area contributed by atoms with Gasteiger partial charge in [-0.2, -0.15) is 13.2 Å². The Labute approximate surface area is 175 Å². The minimum Gasteiger partial charge on any atom is -0.322 e. The standard InChI is InChI=1S/C19H12ClF4N3O2S/c20-11-1-3-12(4-2-11)27-30(29)17-9-13(5-6-16(17)21)26-18(28)14-10-25-8-7-15(14)19(22,23)24/h1-10H,(H,26,28)(H,27,29)/p+1. The maximum atomic E-state index is 14.2. The lowest BCUT2D eigenvalue weighted by Crippen LogP contribution is -2.19. The highest BCUT2D eigenvalue weighted by atomic mass is 35.5. The largest absolute Gasteiger partial charge is 0.417 e. The Bertz CT molecular complexity index is 1110. The highest BCUT2D eigenvalue weighted by molar-refractivity contribution is 7.86. The van der Waals surface area contributed by atoms with E-state index in [4.69, 9.17) is 11.6 Å². The number of carbonyl (C=O) groups excluding carboxylic acids is 1. The highest BCUT2D eigenvalue weighted by Gasteiger charge is 2.35. The maximum absolute atomic E-state index is 14.2. The van der Waals surface area contributed by atoms with Crippen molar-refractivity contribution in [2.75, 3.05) is 10.0 Å². The SMILES string of the molecule is O=C(Nc1ccc(F)c([SH+](=O)Nc2ccc(Cl)cc2)c1)c1cnccc1C(F)(F)F. The molecule has 0 bridgehead atoms. The summed E-state index contributed by atoms with van der Waals surface area (Å²) in [4.78, 5) is 15.6. The molecule has 1 unspecified atom stereocenters. The minimum absolute atomic E-state index is 0.0327. The van der Waals surface area contributed by atoms with Crippen LogP contribution in [0.2, 0.25) is 5.02 Å². The molecule has 1 amide bonds. The summed E-state index contributed by atoms with van der Waals surface area (Å²) in [6.45, 7) is 0. The number of aromatic nitrogens is 1. The van der Waals surface area contributed by atoms with E-state index >= 15 is 0 Å². The van der Waals surface area contributed by atoms with E-state index in [-0.39, 0.29) is 10.6 Å². The van der Waals surface area contributed by atoms with Gasteiger partial charge < -0.3 is 5.32 Å². The van der Waals surface area contributed by atoms with Crippen LogP contribution < -0.4 is 10.0 Å². The number of benzene rings is 2. The molecule has 5 nitrogen and oxygen atoms in total. The summed E-state index contributed by atoms with van der Waals surface area (Å²) in [6, 6.07) is 10.0. The van der Waals surface area contributed by atoms with E-state index in [1.807, 2.05) is 0 Å². The third-order valence-electron chi connectivity index (χ3n) is 3.87. The Morgan fingerprint density at radius 2 is 1.70 bits per heavy atom. The van der Waals surface area contributed by atoms with Crippen LogP contribution in [-0.4, -0.2) is 10.9 Å². The number of rotatable bonds is 5. The van der Waals surface area contributed by atoms with E-state index in [1.165, 1.54) is 0 Å². The van der Waals surface area contributed by atoms with Crippen molar-refractivity contribution in [3.8, 4) is 0 Å². The van der Waals surface area contributed by atoms with Gasteiger partial charge in [0.05, 0.1) is 16.8 Å². The molecule has 3 rings (SSSR count). The number of hydrogen-bond donors (Lipinski definition) is 2. The molecule has 156 valence electrons. The van der Waals surface area contributed by atoms with Crippen LogP contribution in [0.1, 0.15) is 15.9 Å². The predicted octanol–water partition coefficient (Wildman–Crippen LogP) is 5.23. The van der Waals surface area contributed by atoms with Crippen LogP contribution in [0.3, 0.4) is 0 Å². The Kier molecular flexibility index (Phi) is 6.37. The van der Waals surface area contributed by atoms with Crippen molar-refractivity contribution in [1.29, 1.82) is 0 Å². The Hall–Kier alpha value is -2.98. The average molecular weight is 459 g/mol. The van der Waals surface area contributed by atoms with Crippen LogP contribution in [0.25, 0.3) is 0 Å². The van der Waals surface area contributed by atoms with Crippen LogP contribution in [0.5, 0.6) is 0 Å². The number of carbonyl (C=O) groups is 1. The van der Waals surface area contributed by atoms with Gasteiger partial charge in [0.25, 0.3) is 5.91 Å². The number of halogens is 5. The molecule has 0 fully saturated rings. The summed E-state index contributed by atoms with van der Waals surface area (Å²) < 4.78 is 68.5. The molecule has 0 saturated heterocycles. The zero-order valence-corrected chi connectivity index (χ0v) is 16.5. The summed E-state index contributed by atoms with van der Waals surface area (Å²) in [5.41, 5.74) is -1.47. The van der Waals surface area contributed by atoms with Crippen LogP contribution in [0.4, 0.5) is 28.9 Å². The molecule has 30 heavy (non-hydrogen) atoms. The fourth-order valence-corrected chi connectivity index (χ4v) is 3.62. The third kappa shape index (κ3) is 5.14. The molecule has 0 aliphatic carbocycles. The molecule has 2 N–H and O–H groups in total. The second kappa shape index (κ2) is 8.80. The zero-order valence-electron chi connectivity index (χ0n) is 14.9. The van der Waals surface area contributed by atoms with Gasteiger partial charge in [-0.1, -0.05) is 15.8 Å². The quantitative estimate of drug-likeness (QED) is 0.312. The van der Waals surface area contributed by atoms with E-state index in [0.717, 1.165) is 30.6 Å². The van der Waals surface area contributed by atoms with Gasteiger partial charge in [0.1, 0.15) is 0 Å². The van der Waals surface area contributed by atoms with E-state index in [2.05, 4.69) is 15.0 Å². The van der Waals surface area contributed by atoms with Gasteiger partial charge in [0.2, 0.25) is 4.90 Å². The van der Waals surface area contributed by atoms with Crippen LogP contribution >= 0.6 is 11.6 Å². The normalized spacial score (nSPS) is 12.3. The molecule has 3 aromatic rings. The van der Waals surface area contributed by atoms with Gasteiger partial charge in [0.15, 0.2) is 16.8 Å². The number of nitrogens with zero attached hydrogens (tertiary/aromatic N) is 1. The van der Waals surface area contributed by atoms with Gasteiger partial charge in [0, 0.05) is 29.2 Å². The number of nitrogens with one attached hydrogen (secondary N) is 2. The zero-order chi connectivity index (χ0) is 21.9. The van der Waals surface area contributed by atoms with Crippen molar-refractivity contribution in [1.82, 2.24) is 4.98 Å². The lowest BCUT2D eigenvalue weighted by Gasteiger charge is -2.12. The molecule has 0 saturated carbocycles. The highest BCUT2D eigenvalue weighted by Crippen LogP contribution is 2.32. The van der Waals surface area contributed by atoms with E-state index < -0.39 is 40.0 Å². The van der Waals surface area contributed by atoms with Crippen molar-refractivity contribution in [3.05, 3.63) is 82.9 Å². The Morgan fingerprint density at radius 1 is 1.03 bits per heavy atom. The lowest BCUT2D eigenvalue weighted by atomic mass is 10.1. The summed E-state index contributed by atoms with van der Waals surface area (Å²) in [5.74, 6) is -1.90. The number of amides is 1. The van der Waals surface area contributed by atoms with Gasteiger partial charge >= 0.3 is 6.18 Å². The molecule has 1 aromatic heterocycles. The second-order valence-corrected chi connectivity index (χ2v) is 7.68. The minimum atomic E-state index is -4.75. The van der Waals surface area contributed by atoms with Crippen molar-refractivity contribution in [2.24, 2.45) is 0 Å². The molecule has 1 atom stereocenters. The first-order chi connectivity index (χ1) is 14.1. The summed E-state index contributed by atoms with van der Waals surface area (Å²) >= 11 is 5.77. The first-order valence-corrected chi connectivity index (χ1v) is 9.90. The number of anilines is 2. The number of alkyl halides is 3. The number of thiol groups is 1. The fraction of sp³-hybridized carbons (Fsp3) is 0.0526. The lowest BCUT2D eigenvalue weighted by molar-refractivity contribution is -0.138. The topological polar surface area (TPSA) is 71.1 Å². The Morgan fingerprint density at radius 3 is 2.37 bits per heavy atom. The van der Waals surface area contributed by atoms with Gasteiger partial charge in [-0.3, -0.25) is 9.78 Å². The van der Waals surface area contributed by atoms with Crippen LogP contribution in [0, 0.1) is 5.82 Å². The third-order valence-corrected chi connectivity index (χ3v) is 5.36. The van der Waals surface area contributed by atoms with Crippen molar-refractivity contribution in [3.63, 3.8) is 0 Å². The van der Waals surface area contributed by atoms with Crippen molar-refractivity contribution < 1.29 is 26.6 Å². The molecule has 0 radical (unpaired) electrons. The predicted molar refractivity (Wildman–Crippen MR) is 106 cm³/mol. The van der Waals surface area contributed by atoms with E-state index in [1.54, 1.807) is 24.3 Å². The molecule has 0 aliphatic heterocycles. The molecule has 0 aliphatic rings. The molecular formula is C19H13ClF4N3O2S+. The van der Waals surface area contributed by atoms with Gasteiger partial charge in [-0.05, 0) is 42.5 Å². The molecule has 11 heteroatoms. The second-order valence-electron chi connectivity index (χ2n) is 5.95. The van der Waals surface area contributed by atoms with Crippen LogP contribution in [0.15, 0.2) is 65.8 Å². The van der Waals surface area contributed by atoms with E-state index in [9.17, 15) is 26.6 Å². The van der Waals surface area contributed by atoms with Gasteiger partial charge in [-0.15, -0.1) is 0 Å². The monoisotopic (exact) mass is 458 g/mol. The summed E-state index contributed by atoms with van der Waals surface area (Å²) in [5, 5.41) is 2.70.